The van der Waals surface area contributed by atoms with Crippen molar-refractivity contribution in [1.82, 2.24) is 9.88 Å². The quantitative estimate of drug-likeness (QED) is 0.722. The first-order valence-corrected chi connectivity index (χ1v) is 7.18. The number of hydrogen-bond acceptors (Lipinski definition) is 3. The predicted molar refractivity (Wildman–Crippen MR) is 81.6 cm³/mol. The monoisotopic (exact) mass is 276 g/mol. The van der Waals surface area contributed by atoms with Crippen LogP contribution in [0, 0.1) is 5.92 Å². The minimum atomic E-state index is -0.720. The average molecular weight is 276 g/mol. The van der Waals surface area contributed by atoms with Gasteiger partial charge in [-0.05, 0) is 24.1 Å². The van der Waals surface area contributed by atoms with Crippen LogP contribution in [0.2, 0.25) is 0 Å². The third kappa shape index (κ3) is 3.60. The molecule has 0 saturated heterocycles. The largest absolute Gasteiger partial charge is 0.394 e. The molecule has 1 aromatic heterocycles. The molecule has 1 unspecified atom stereocenters. The first-order valence-electron chi connectivity index (χ1n) is 7.18. The molecular formula is C16H24N2O2. The lowest BCUT2D eigenvalue weighted by molar-refractivity contribution is 0.0822. The minimum absolute atomic E-state index is 0.215. The number of hydrogen-bond donors (Lipinski definition) is 3. The fourth-order valence-electron chi connectivity index (χ4n) is 2.40. The summed E-state index contributed by atoms with van der Waals surface area (Å²) in [4.78, 5) is 0. The SMILES string of the molecule is CC(C)CNCc1cn(CC(O)CO)c2ccccc12. The average Bonchev–Trinajstić information content (AvgIpc) is 2.77. The molecule has 0 bridgehead atoms. The van der Waals surface area contributed by atoms with Crippen LogP contribution in [0.15, 0.2) is 30.5 Å². The second-order valence-electron chi connectivity index (χ2n) is 5.68. The van der Waals surface area contributed by atoms with Crippen molar-refractivity contribution in [2.45, 2.75) is 33.0 Å². The van der Waals surface area contributed by atoms with E-state index in [4.69, 9.17) is 5.11 Å². The number of nitrogens with zero attached hydrogens (tertiary/aromatic N) is 1. The zero-order valence-electron chi connectivity index (χ0n) is 12.2. The van der Waals surface area contributed by atoms with Gasteiger partial charge in [-0.15, -0.1) is 0 Å². The summed E-state index contributed by atoms with van der Waals surface area (Å²) in [5.41, 5.74) is 2.33. The zero-order chi connectivity index (χ0) is 14.5. The van der Waals surface area contributed by atoms with Gasteiger partial charge in [-0.1, -0.05) is 32.0 Å². The molecule has 0 aliphatic rings. The third-order valence-electron chi connectivity index (χ3n) is 3.36. The van der Waals surface area contributed by atoms with Gasteiger partial charge in [0.05, 0.1) is 19.3 Å². The summed E-state index contributed by atoms with van der Waals surface area (Å²) < 4.78 is 2.02. The van der Waals surface area contributed by atoms with Gasteiger partial charge in [0.2, 0.25) is 0 Å². The maximum absolute atomic E-state index is 9.64. The van der Waals surface area contributed by atoms with Crippen LogP contribution in [0.4, 0.5) is 0 Å². The Morgan fingerprint density at radius 1 is 1.25 bits per heavy atom. The number of aromatic nitrogens is 1. The van der Waals surface area contributed by atoms with Gasteiger partial charge < -0.3 is 20.1 Å². The minimum Gasteiger partial charge on any atom is -0.394 e. The lowest BCUT2D eigenvalue weighted by atomic mass is 10.1. The molecule has 0 aliphatic heterocycles. The molecule has 2 aromatic rings. The molecule has 0 spiro atoms. The highest BCUT2D eigenvalue weighted by atomic mass is 16.3. The molecule has 4 heteroatoms. The van der Waals surface area contributed by atoms with Crippen LogP contribution in [0.25, 0.3) is 10.9 Å². The van der Waals surface area contributed by atoms with Gasteiger partial charge in [0.1, 0.15) is 0 Å². The fraction of sp³-hybridized carbons (Fsp3) is 0.500. The zero-order valence-corrected chi connectivity index (χ0v) is 12.2. The molecule has 1 atom stereocenters. The third-order valence-corrected chi connectivity index (χ3v) is 3.36. The Morgan fingerprint density at radius 3 is 2.70 bits per heavy atom. The van der Waals surface area contributed by atoms with Crippen molar-refractivity contribution in [1.29, 1.82) is 0 Å². The number of para-hydroxylation sites is 1. The van der Waals surface area contributed by atoms with E-state index < -0.39 is 6.10 Å². The van der Waals surface area contributed by atoms with E-state index in [1.54, 1.807) is 0 Å². The first kappa shape index (κ1) is 15.0. The number of rotatable bonds is 7. The molecule has 110 valence electrons. The van der Waals surface area contributed by atoms with E-state index in [1.807, 2.05) is 22.8 Å². The Bertz CT molecular complexity index is 548. The van der Waals surface area contributed by atoms with Crippen molar-refractivity contribution in [3.05, 3.63) is 36.0 Å². The molecule has 1 aromatic carbocycles. The Hall–Kier alpha value is -1.36. The number of fused-ring (bicyclic) bond motifs is 1. The van der Waals surface area contributed by atoms with Crippen LogP contribution in [0.5, 0.6) is 0 Å². The van der Waals surface area contributed by atoms with Crippen molar-refractivity contribution in [3.63, 3.8) is 0 Å². The lowest BCUT2D eigenvalue weighted by Crippen LogP contribution is -2.20. The topological polar surface area (TPSA) is 57.4 Å². The van der Waals surface area contributed by atoms with E-state index in [0.29, 0.717) is 12.5 Å². The van der Waals surface area contributed by atoms with Crippen LogP contribution in [-0.2, 0) is 13.1 Å². The van der Waals surface area contributed by atoms with Crippen LogP contribution in [0.1, 0.15) is 19.4 Å². The standard InChI is InChI=1S/C16H24N2O2/c1-12(2)7-17-8-13-9-18(10-14(20)11-19)16-6-4-3-5-15(13)16/h3-6,9,12,14,17,19-20H,7-8,10-11H2,1-2H3. The summed E-state index contributed by atoms with van der Waals surface area (Å²) in [7, 11) is 0. The van der Waals surface area contributed by atoms with Gasteiger partial charge >= 0.3 is 0 Å². The second-order valence-corrected chi connectivity index (χ2v) is 5.68. The Morgan fingerprint density at radius 2 is 2.00 bits per heavy atom. The van der Waals surface area contributed by atoms with Gasteiger partial charge in [-0.2, -0.15) is 0 Å². The van der Waals surface area contributed by atoms with Crippen LogP contribution in [0.3, 0.4) is 0 Å². The van der Waals surface area contributed by atoms with E-state index in [1.165, 1.54) is 10.9 Å². The van der Waals surface area contributed by atoms with Gasteiger partial charge in [0.25, 0.3) is 0 Å². The van der Waals surface area contributed by atoms with Crippen molar-refractivity contribution in [2.75, 3.05) is 13.2 Å². The Balaban J connectivity index is 2.21. The van der Waals surface area contributed by atoms with E-state index in [-0.39, 0.29) is 6.61 Å². The number of nitrogens with one attached hydrogen (secondary N) is 1. The number of aliphatic hydroxyl groups is 2. The van der Waals surface area contributed by atoms with E-state index in [9.17, 15) is 5.11 Å². The summed E-state index contributed by atoms with van der Waals surface area (Å²) >= 11 is 0. The van der Waals surface area contributed by atoms with E-state index in [0.717, 1.165) is 18.6 Å². The normalized spacial score (nSPS) is 13.2. The molecule has 1 heterocycles. The molecule has 2 rings (SSSR count). The van der Waals surface area contributed by atoms with Crippen LogP contribution >= 0.6 is 0 Å². The number of aliphatic hydroxyl groups excluding tert-OH is 2. The van der Waals surface area contributed by atoms with Crippen molar-refractivity contribution in [3.8, 4) is 0 Å². The molecule has 0 radical (unpaired) electrons. The first-order chi connectivity index (χ1) is 9.61. The summed E-state index contributed by atoms with van der Waals surface area (Å²) in [6, 6.07) is 8.17. The summed E-state index contributed by atoms with van der Waals surface area (Å²) in [5, 5.41) is 23.3. The molecule has 0 amide bonds. The van der Waals surface area contributed by atoms with Gasteiger partial charge in [-0.3, -0.25) is 0 Å². The number of benzene rings is 1. The highest BCUT2D eigenvalue weighted by molar-refractivity contribution is 5.83. The molecule has 0 fully saturated rings. The molecule has 0 aliphatic carbocycles. The predicted octanol–water partition coefficient (Wildman–Crippen LogP) is 1.74. The van der Waals surface area contributed by atoms with Gasteiger partial charge in [0, 0.05) is 23.6 Å². The smallest absolute Gasteiger partial charge is 0.0949 e. The summed E-state index contributed by atoms with van der Waals surface area (Å²) in [6.07, 6.45) is 1.35. The molecule has 20 heavy (non-hydrogen) atoms. The Labute approximate surface area is 120 Å². The fourth-order valence-corrected chi connectivity index (χ4v) is 2.40. The molecule has 4 nitrogen and oxygen atoms in total. The maximum atomic E-state index is 9.64. The van der Waals surface area contributed by atoms with Gasteiger partial charge in [-0.25, -0.2) is 0 Å². The van der Waals surface area contributed by atoms with E-state index >= 15 is 0 Å². The lowest BCUT2D eigenvalue weighted by Gasteiger charge is -2.09. The van der Waals surface area contributed by atoms with Crippen molar-refractivity contribution >= 4 is 10.9 Å². The van der Waals surface area contributed by atoms with Crippen molar-refractivity contribution in [2.24, 2.45) is 5.92 Å². The highest BCUT2D eigenvalue weighted by Crippen LogP contribution is 2.21. The van der Waals surface area contributed by atoms with Crippen LogP contribution < -0.4 is 5.32 Å². The van der Waals surface area contributed by atoms with Crippen molar-refractivity contribution < 1.29 is 10.2 Å². The van der Waals surface area contributed by atoms with Gasteiger partial charge in [0.15, 0.2) is 0 Å². The molecule has 0 saturated carbocycles. The Kier molecular flexibility index (Phi) is 5.17. The molecular weight excluding hydrogens is 252 g/mol. The second kappa shape index (κ2) is 6.88. The van der Waals surface area contributed by atoms with Crippen LogP contribution in [-0.4, -0.2) is 34.0 Å². The summed E-state index contributed by atoms with van der Waals surface area (Å²) in [6.45, 7) is 6.39. The highest BCUT2D eigenvalue weighted by Gasteiger charge is 2.10. The molecule has 3 N–H and O–H groups in total. The van der Waals surface area contributed by atoms with E-state index in [2.05, 4.69) is 31.4 Å². The maximum Gasteiger partial charge on any atom is 0.0949 e. The summed E-state index contributed by atoms with van der Waals surface area (Å²) in [5.74, 6) is 0.625.